The highest BCUT2D eigenvalue weighted by Gasteiger charge is 2.18. The summed E-state index contributed by atoms with van der Waals surface area (Å²) in [5, 5.41) is 14.3. The number of nitrogens with one attached hydrogen (secondary N) is 1. The maximum Gasteiger partial charge on any atom is 0.237 e. The van der Waals surface area contributed by atoms with Crippen molar-refractivity contribution in [2.45, 2.75) is 19.1 Å². The number of methoxy groups -OCH3 is 2. The largest absolute Gasteiger partial charge is 0.493 e. The van der Waals surface area contributed by atoms with E-state index in [1.807, 2.05) is 85.8 Å². The molecule has 0 bridgehead atoms. The Hall–Kier alpha value is -3.65. The number of ether oxygens (including phenoxy) is 3. The minimum absolute atomic E-state index is 0.00481. The Morgan fingerprint density at radius 2 is 1.51 bits per heavy atom. The molecular weight excluding hydrogens is 490 g/mol. The minimum Gasteiger partial charge on any atom is -0.493 e. The summed E-state index contributed by atoms with van der Waals surface area (Å²) >= 11 is 6.68. The number of halogens is 1. The van der Waals surface area contributed by atoms with E-state index in [2.05, 4.69) is 10.3 Å². The first-order valence-corrected chi connectivity index (χ1v) is 12.3. The Kier molecular flexibility index (Phi) is 8.95. The van der Waals surface area contributed by atoms with Gasteiger partial charge >= 0.3 is 0 Å². The SMILES string of the molecule is COc1ccc(C(C)NCC(O)COc2nc(-c3ccccc3)nc(-c3ccccc3)c2Cl)cc1OC. The molecule has 0 saturated heterocycles. The third kappa shape index (κ3) is 6.57. The van der Waals surface area contributed by atoms with Gasteiger partial charge in [-0.05, 0) is 24.6 Å². The number of aliphatic hydroxyl groups is 1. The average molecular weight is 520 g/mol. The number of hydrogen-bond acceptors (Lipinski definition) is 7. The highest BCUT2D eigenvalue weighted by Crippen LogP contribution is 2.35. The monoisotopic (exact) mass is 519 g/mol. The van der Waals surface area contributed by atoms with Crippen molar-refractivity contribution in [3.63, 3.8) is 0 Å². The number of hydrogen-bond donors (Lipinski definition) is 2. The number of nitrogens with zero attached hydrogens (tertiary/aromatic N) is 2. The van der Waals surface area contributed by atoms with E-state index in [1.54, 1.807) is 14.2 Å². The van der Waals surface area contributed by atoms with Gasteiger partial charge in [0.05, 0.1) is 19.9 Å². The molecule has 1 heterocycles. The Balaban J connectivity index is 1.46. The van der Waals surface area contributed by atoms with Crippen molar-refractivity contribution in [3.8, 4) is 40.0 Å². The van der Waals surface area contributed by atoms with Crippen LogP contribution in [0.5, 0.6) is 17.4 Å². The van der Waals surface area contributed by atoms with E-state index in [0.29, 0.717) is 34.6 Å². The molecule has 2 unspecified atom stereocenters. The molecule has 37 heavy (non-hydrogen) atoms. The minimum atomic E-state index is -0.797. The molecule has 4 aromatic rings. The molecule has 3 aromatic carbocycles. The van der Waals surface area contributed by atoms with Crippen LogP contribution < -0.4 is 19.5 Å². The third-order valence-electron chi connectivity index (χ3n) is 5.88. The molecule has 0 aliphatic carbocycles. The molecule has 2 atom stereocenters. The van der Waals surface area contributed by atoms with Crippen LogP contribution >= 0.6 is 11.6 Å². The van der Waals surface area contributed by atoms with Gasteiger partial charge in [0.25, 0.3) is 0 Å². The molecule has 7 nitrogen and oxygen atoms in total. The van der Waals surface area contributed by atoms with Gasteiger partial charge in [-0.15, -0.1) is 0 Å². The van der Waals surface area contributed by atoms with Gasteiger partial charge in [0.15, 0.2) is 17.3 Å². The molecule has 192 valence electrons. The van der Waals surface area contributed by atoms with E-state index in [0.717, 1.165) is 16.7 Å². The van der Waals surface area contributed by atoms with Gasteiger partial charge in [-0.1, -0.05) is 78.3 Å². The van der Waals surface area contributed by atoms with E-state index in [9.17, 15) is 5.11 Å². The lowest BCUT2D eigenvalue weighted by molar-refractivity contribution is 0.102. The summed E-state index contributed by atoms with van der Waals surface area (Å²) in [7, 11) is 3.20. The lowest BCUT2D eigenvalue weighted by atomic mass is 10.1. The first-order valence-electron chi connectivity index (χ1n) is 11.9. The highest BCUT2D eigenvalue weighted by atomic mass is 35.5. The predicted molar refractivity (Wildman–Crippen MR) is 145 cm³/mol. The second-order valence-electron chi connectivity index (χ2n) is 8.46. The molecular formula is C29H30ClN3O4. The lowest BCUT2D eigenvalue weighted by Crippen LogP contribution is -2.33. The molecule has 0 saturated carbocycles. The second-order valence-corrected chi connectivity index (χ2v) is 8.83. The van der Waals surface area contributed by atoms with Gasteiger partial charge in [0.2, 0.25) is 5.88 Å². The Labute approximate surface area is 222 Å². The summed E-state index contributed by atoms with van der Waals surface area (Å²) in [5.74, 6) is 2.03. The Bertz CT molecular complexity index is 1310. The molecule has 0 radical (unpaired) electrons. The number of benzene rings is 3. The van der Waals surface area contributed by atoms with Crippen LogP contribution in [-0.4, -0.2) is 48.5 Å². The van der Waals surface area contributed by atoms with Gasteiger partial charge in [0, 0.05) is 23.7 Å². The van der Waals surface area contributed by atoms with Crippen molar-refractivity contribution in [1.29, 1.82) is 0 Å². The number of rotatable bonds is 11. The van der Waals surface area contributed by atoms with Crippen molar-refractivity contribution < 1.29 is 19.3 Å². The second kappa shape index (κ2) is 12.5. The summed E-state index contributed by atoms with van der Waals surface area (Å²) < 4.78 is 16.6. The average Bonchev–Trinajstić information content (AvgIpc) is 2.95. The summed E-state index contributed by atoms with van der Waals surface area (Å²) in [6.45, 7) is 2.31. The molecule has 0 amide bonds. The van der Waals surface area contributed by atoms with Crippen LogP contribution in [0.25, 0.3) is 22.6 Å². The van der Waals surface area contributed by atoms with Gasteiger partial charge in [0.1, 0.15) is 17.7 Å². The highest BCUT2D eigenvalue weighted by molar-refractivity contribution is 6.34. The fourth-order valence-electron chi connectivity index (χ4n) is 3.81. The van der Waals surface area contributed by atoms with Crippen molar-refractivity contribution in [2.75, 3.05) is 27.4 Å². The van der Waals surface area contributed by atoms with Crippen LogP contribution in [0.3, 0.4) is 0 Å². The molecule has 0 aliphatic rings. The van der Waals surface area contributed by atoms with Crippen molar-refractivity contribution in [3.05, 3.63) is 89.4 Å². The zero-order chi connectivity index (χ0) is 26.2. The van der Waals surface area contributed by atoms with Gasteiger partial charge < -0.3 is 24.6 Å². The van der Waals surface area contributed by atoms with E-state index in [1.165, 1.54) is 0 Å². The number of aromatic nitrogens is 2. The van der Waals surface area contributed by atoms with Crippen LogP contribution in [-0.2, 0) is 0 Å². The van der Waals surface area contributed by atoms with Crippen LogP contribution in [0.15, 0.2) is 78.9 Å². The zero-order valence-electron chi connectivity index (χ0n) is 21.0. The topological polar surface area (TPSA) is 85.7 Å². The van der Waals surface area contributed by atoms with Crippen molar-refractivity contribution >= 4 is 11.6 Å². The number of aliphatic hydroxyl groups excluding tert-OH is 1. The van der Waals surface area contributed by atoms with E-state index >= 15 is 0 Å². The summed E-state index contributed by atoms with van der Waals surface area (Å²) in [5.41, 5.74) is 3.26. The molecule has 0 fully saturated rings. The van der Waals surface area contributed by atoms with E-state index in [-0.39, 0.29) is 18.5 Å². The normalized spacial score (nSPS) is 12.6. The fourth-order valence-corrected chi connectivity index (χ4v) is 4.06. The first-order chi connectivity index (χ1) is 18.0. The molecule has 1 aromatic heterocycles. The predicted octanol–water partition coefficient (Wildman–Crippen LogP) is 5.57. The fraction of sp³-hybridized carbons (Fsp3) is 0.241. The van der Waals surface area contributed by atoms with Crippen LogP contribution in [0.4, 0.5) is 0 Å². The summed E-state index contributed by atoms with van der Waals surface area (Å²) in [4.78, 5) is 9.26. The Morgan fingerprint density at radius 3 is 2.16 bits per heavy atom. The maximum atomic E-state index is 10.6. The lowest BCUT2D eigenvalue weighted by Gasteiger charge is -2.19. The van der Waals surface area contributed by atoms with E-state index < -0.39 is 6.10 Å². The first kappa shape index (κ1) is 26.4. The van der Waals surface area contributed by atoms with Crippen molar-refractivity contribution in [2.24, 2.45) is 0 Å². The van der Waals surface area contributed by atoms with Crippen LogP contribution in [0, 0.1) is 0 Å². The molecule has 8 heteroatoms. The van der Waals surface area contributed by atoms with Gasteiger partial charge in [-0.3, -0.25) is 0 Å². The Morgan fingerprint density at radius 1 is 0.865 bits per heavy atom. The van der Waals surface area contributed by atoms with Gasteiger partial charge in [-0.2, -0.15) is 4.98 Å². The van der Waals surface area contributed by atoms with Crippen LogP contribution in [0.2, 0.25) is 5.02 Å². The maximum absolute atomic E-state index is 10.6. The molecule has 4 rings (SSSR count). The van der Waals surface area contributed by atoms with Crippen LogP contribution in [0.1, 0.15) is 18.5 Å². The summed E-state index contributed by atoms with van der Waals surface area (Å²) in [6.07, 6.45) is -0.797. The van der Waals surface area contributed by atoms with Gasteiger partial charge in [-0.25, -0.2) is 4.98 Å². The van der Waals surface area contributed by atoms with Crippen molar-refractivity contribution in [1.82, 2.24) is 15.3 Å². The quantitative estimate of drug-likeness (QED) is 0.268. The third-order valence-corrected chi connectivity index (χ3v) is 6.22. The smallest absolute Gasteiger partial charge is 0.237 e. The zero-order valence-corrected chi connectivity index (χ0v) is 21.8. The molecule has 0 aliphatic heterocycles. The summed E-state index contributed by atoms with van der Waals surface area (Å²) in [6, 6.07) is 25.0. The van der Waals surface area contributed by atoms with E-state index in [4.69, 9.17) is 30.8 Å². The standard InChI is InChI=1S/C29H30ClN3O4/c1-19(22-14-15-24(35-2)25(16-22)36-3)31-17-23(34)18-37-29-26(30)27(20-10-6-4-7-11-20)32-28(33-29)21-12-8-5-9-13-21/h4-16,19,23,31,34H,17-18H2,1-3H3. The molecule has 0 spiro atoms. The molecule has 2 N–H and O–H groups in total.